The van der Waals surface area contributed by atoms with Crippen LogP contribution < -0.4 is 5.32 Å². The number of methoxy groups -OCH3 is 1. The van der Waals surface area contributed by atoms with Gasteiger partial charge in [0.05, 0.1) is 6.61 Å². The van der Waals surface area contributed by atoms with Gasteiger partial charge in [0.1, 0.15) is 11.6 Å². The zero-order valence-electron chi connectivity index (χ0n) is 12.7. The number of nitrogens with one attached hydrogen (secondary N) is 1. The summed E-state index contributed by atoms with van der Waals surface area (Å²) in [5.41, 5.74) is 0.400. The Balaban J connectivity index is 1.84. The van der Waals surface area contributed by atoms with E-state index < -0.39 is 5.82 Å². The van der Waals surface area contributed by atoms with Crippen LogP contribution in [0.4, 0.5) is 8.78 Å². The van der Waals surface area contributed by atoms with Gasteiger partial charge in [0, 0.05) is 31.3 Å². The predicted molar refractivity (Wildman–Crippen MR) is 79.2 cm³/mol. The molecule has 21 heavy (non-hydrogen) atoms. The maximum Gasteiger partial charge on any atom is 0.128 e. The van der Waals surface area contributed by atoms with Crippen molar-refractivity contribution in [3.8, 4) is 0 Å². The molecule has 1 aliphatic heterocycles. The maximum atomic E-state index is 13.7. The zero-order chi connectivity index (χ0) is 15.2. The van der Waals surface area contributed by atoms with E-state index in [-0.39, 0.29) is 11.9 Å². The molecule has 0 aromatic heterocycles. The molecule has 1 unspecified atom stereocenters. The Kier molecular flexibility index (Phi) is 6.08. The number of hydrogen-bond donors (Lipinski definition) is 1. The van der Waals surface area contributed by atoms with E-state index in [1.807, 2.05) is 6.92 Å². The van der Waals surface area contributed by atoms with E-state index in [2.05, 4.69) is 10.2 Å². The SMILES string of the molecule is COCCN1CCC(NC(C)c2cc(F)ccc2F)CC1. The summed E-state index contributed by atoms with van der Waals surface area (Å²) in [7, 11) is 1.71. The fourth-order valence-corrected chi connectivity index (χ4v) is 2.83. The summed E-state index contributed by atoms with van der Waals surface area (Å²) >= 11 is 0. The quantitative estimate of drug-likeness (QED) is 0.874. The second kappa shape index (κ2) is 7.82. The third-order valence-electron chi connectivity index (χ3n) is 4.11. The van der Waals surface area contributed by atoms with E-state index in [1.54, 1.807) is 7.11 Å². The highest BCUT2D eigenvalue weighted by atomic mass is 19.1. The number of ether oxygens (including phenoxy) is 1. The van der Waals surface area contributed by atoms with Crippen LogP contribution in [-0.2, 0) is 4.74 Å². The van der Waals surface area contributed by atoms with Gasteiger partial charge in [0.15, 0.2) is 0 Å². The molecule has 1 aromatic rings. The Morgan fingerprint density at radius 3 is 2.71 bits per heavy atom. The van der Waals surface area contributed by atoms with Crippen LogP contribution in [0, 0.1) is 11.6 Å². The molecule has 0 amide bonds. The highest BCUT2D eigenvalue weighted by Gasteiger charge is 2.21. The van der Waals surface area contributed by atoms with Crippen LogP contribution in [0.5, 0.6) is 0 Å². The number of benzene rings is 1. The molecule has 2 rings (SSSR count). The Morgan fingerprint density at radius 2 is 2.05 bits per heavy atom. The first-order chi connectivity index (χ1) is 10.1. The first-order valence-corrected chi connectivity index (χ1v) is 7.52. The second-order valence-electron chi connectivity index (χ2n) is 5.66. The van der Waals surface area contributed by atoms with Crippen molar-refractivity contribution >= 4 is 0 Å². The van der Waals surface area contributed by atoms with Crippen LogP contribution in [0.25, 0.3) is 0 Å². The van der Waals surface area contributed by atoms with Crippen molar-refractivity contribution in [1.82, 2.24) is 10.2 Å². The van der Waals surface area contributed by atoms with Crippen LogP contribution in [0.2, 0.25) is 0 Å². The lowest BCUT2D eigenvalue weighted by Gasteiger charge is -2.33. The molecule has 118 valence electrons. The van der Waals surface area contributed by atoms with E-state index in [0.717, 1.165) is 45.1 Å². The Labute approximate surface area is 125 Å². The Morgan fingerprint density at radius 1 is 1.33 bits per heavy atom. The Hall–Kier alpha value is -1.04. The molecule has 1 aliphatic rings. The van der Waals surface area contributed by atoms with E-state index in [0.29, 0.717) is 11.6 Å². The Bertz CT molecular complexity index is 448. The molecule has 0 radical (unpaired) electrons. The lowest BCUT2D eigenvalue weighted by molar-refractivity contribution is 0.124. The minimum atomic E-state index is -0.394. The lowest BCUT2D eigenvalue weighted by Crippen LogP contribution is -2.44. The van der Waals surface area contributed by atoms with Crippen molar-refractivity contribution in [3.63, 3.8) is 0 Å². The summed E-state index contributed by atoms with van der Waals surface area (Å²) in [4.78, 5) is 2.37. The van der Waals surface area contributed by atoms with Gasteiger partial charge in [-0.15, -0.1) is 0 Å². The molecule has 0 saturated carbocycles. The van der Waals surface area contributed by atoms with Crippen LogP contribution >= 0.6 is 0 Å². The molecule has 0 bridgehead atoms. The summed E-state index contributed by atoms with van der Waals surface area (Å²) in [5.74, 6) is -0.747. The topological polar surface area (TPSA) is 24.5 Å². The van der Waals surface area contributed by atoms with Crippen molar-refractivity contribution in [2.45, 2.75) is 31.8 Å². The number of nitrogens with zero attached hydrogens (tertiary/aromatic N) is 1. The van der Waals surface area contributed by atoms with Gasteiger partial charge >= 0.3 is 0 Å². The molecule has 1 N–H and O–H groups in total. The largest absolute Gasteiger partial charge is 0.383 e. The van der Waals surface area contributed by atoms with E-state index in [1.165, 1.54) is 12.1 Å². The molecule has 3 nitrogen and oxygen atoms in total. The molecule has 1 saturated heterocycles. The first kappa shape index (κ1) is 16.3. The molecule has 1 fully saturated rings. The summed E-state index contributed by atoms with van der Waals surface area (Å²) in [6.07, 6.45) is 2.04. The van der Waals surface area contributed by atoms with Crippen LogP contribution in [0.3, 0.4) is 0 Å². The second-order valence-corrected chi connectivity index (χ2v) is 5.66. The normalized spacial score (nSPS) is 18.9. The van der Waals surface area contributed by atoms with Gasteiger partial charge in [-0.05, 0) is 51.1 Å². The van der Waals surface area contributed by atoms with Crippen molar-refractivity contribution < 1.29 is 13.5 Å². The highest BCUT2D eigenvalue weighted by molar-refractivity contribution is 5.22. The van der Waals surface area contributed by atoms with Gasteiger partial charge in [0.25, 0.3) is 0 Å². The van der Waals surface area contributed by atoms with Gasteiger partial charge in [-0.1, -0.05) is 0 Å². The molecule has 1 heterocycles. The average Bonchev–Trinajstić information content (AvgIpc) is 2.49. The number of rotatable bonds is 6. The van der Waals surface area contributed by atoms with E-state index in [9.17, 15) is 8.78 Å². The minimum Gasteiger partial charge on any atom is -0.383 e. The van der Waals surface area contributed by atoms with Gasteiger partial charge in [-0.25, -0.2) is 8.78 Å². The predicted octanol–water partition coefficient (Wildman–Crippen LogP) is 2.73. The maximum absolute atomic E-state index is 13.7. The average molecular weight is 298 g/mol. The number of halogens is 2. The fourth-order valence-electron chi connectivity index (χ4n) is 2.83. The number of hydrogen-bond acceptors (Lipinski definition) is 3. The van der Waals surface area contributed by atoms with Crippen molar-refractivity contribution in [2.24, 2.45) is 0 Å². The van der Waals surface area contributed by atoms with Gasteiger partial charge < -0.3 is 15.0 Å². The molecule has 1 atom stereocenters. The summed E-state index contributed by atoms with van der Waals surface area (Å²) in [6, 6.07) is 3.79. The van der Waals surface area contributed by atoms with Crippen LogP contribution in [0.1, 0.15) is 31.4 Å². The van der Waals surface area contributed by atoms with Crippen molar-refractivity contribution in [2.75, 3.05) is 33.4 Å². The third-order valence-corrected chi connectivity index (χ3v) is 4.11. The van der Waals surface area contributed by atoms with Gasteiger partial charge in [-0.3, -0.25) is 0 Å². The van der Waals surface area contributed by atoms with Gasteiger partial charge in [0.2, 0.25) is 0 Å². The van der Waals surface area contributed by atoms with Crippen LogP contribution in [0.15, 0.2) is 18.2 Å². The molecule has 5 heteroatoms. The number of likely N-dealkylation sites (tertiary alicyclic amines) is 1. The fraction of sp³-hybridized carbons (Fsp3) is 0.625. The molecular formula is C16H24F2N2O. The standard InChI is InChI=1S/C16H24F2N2O/c1-12(15-11-13(17)3-4-16(15)18)19-14-5-7-20(8-6-14)9-10-21-2/h3-4,11-12,14,19H,5-10H2,1-2H3. The highest BCUT2D eigenvalue weighted by Crippen LogP contribution is 2.20. The smallest absolute Gasteiger partial charge is 0.128 e. The third kappa shape index (κ3) is 4.73. The van der Waals surface area contributed by atoms with E-state index >= 15 is 0 Å². The number of piperidine rings is 1. The first-order valence-electron chi connectivity index (χ1n) is 7.52. The van der Waals surface area contributed by atoms with Crippen LogP contribution in [-0.4, -0.2) is 44.3 Å². The summed E-state index contributed by atoms with van der Waals surface area (Å²) in [6.45, 7) is 5.62. The molecule has 0 spiro atoms. The van der Waals surface area contributed by atoms with Crippen molar-refractivity contribution in [3.05, 3.63) is 35.4 Å². The lowest BCUT2D eigenvalue weighted by atomic mass is 10.0. The molecule has 0 aliphatic carbocycles. The summed E-state index contributed by atoms with van der Waals surface area (Å²) in [5, 5.41) is 3.42. The molecule has 1 aromatic carbocycles. The van der Waals surface area contributed by atoms with E-state index in [4.69, 9.17) is 4.74 Å². The summed E-state index contributed by atoms with van der Waals surface area (Å²) < 4.78 is 32.1. The molecular weight excluding hydrogens is 274 g/mol. The zero-order valence-corrected chi connectivity index (χ0v) is 12.7. The minimum absolute atomic E-state index is 0.184. The van der Waals surface area contributed by atoms with Gasteiger partial charge in [-0.2, -0.15) is 0 Å². The van der Waals surface area contributed by atoms with Crippen molar-refractivity contribution in [1.29, 1.82) is 0 Å². The monoisotopic (exact) mass is 298 g/mol.